The lowest BCUT2D eigenvalue weighted by Crippen LogP contribution is -2.21. The maximum absolute atomic E-state index is 11.8. The summed E-state index contributed by atoms with van der Waals surface area (Å²) in [5.74, 6) is -0.119. The number of hydrogen-bond acceptors (Lipinski definition) is 7. The van der Waals surface area contributed by atoms with E-state index in [1.807, 2.05) is 0 Å². The summed E-state index contributed by atoms with van der Waals surface area (Å²) in [7, 11) is -0.193. The number of hydrogen-bond donors (Lipinski definition) is 1. The van der Waals surface area contributed by atoms with Crippen LogP contribution < -0.4 is 5.32 Å². The van der Waals surface area contributed by atoms with Gasteiger partial charge in [0.2, 0.25) is 0 Å². The summed E-state index contributed by atoms with van der Waals surface area (Å²) < 4.78 is 23.1. The predicted octanol–water partition coefficient (Wildman–Crippen LogP) is 2.37. The molecule has 0 spiro atoms. The molecule has 0 saturated carbocycles. The number of thiophene rings is 1. The van der Waals surface area contributed by atoms with Crippen LogP contribution in [0.5, 0.6) is 0 Å². The highest BCUT2D eigenvalue weighted by molar-refractivity contribution is 7.92. The van der Waals surface area contributed by atoms with Gasteiger partial charge in [-0.1, -0.05) is 23.5 Å². The highest BCUT2D eigenvalue weighted by Crippen LogP contribution is 2.37. The Bertz CT molecular complexity index is 902. The number of anilines is 1. The van der Waals surface area contributed by atoms with Gasteiger partial charge in [-0.05, 0) is 17.7 Å². The zero-order chi connectivity index (χ0) is 18.8. The zero-order valence-electron chi connectivity index (χ0n) is 13.8. The number of carbonyl (C=O) groups is 1. The van der Waals surface area contributed by atoms with Crippen LogP contribution in [-0.2, 0) is 16.4 Å². The highest BCUT2D eigenvalue weighted by Gasteiger charge is 2.23. The van der Waals surface area contributed by atoms with E-state index in [-0.39, 0.29) is 27.3 Å². The molecule has 0 radical (unpaired) electrons. The van der Waals surface area contributed by atoms with Crippen molar-refractivity contribution in [3.8, 4) is 0 Å². The van der Waals surface area contributed by atoms with Crippen LogP contribution in [0.2, 0.25) is 0 Å². The van der Waals surface area contributed by atoms with Crippen molar-refractivity contribution in [3.05, 3.63) is 51.6 Å². The van der Waals surface area contributed by atoms with Gasteiger partial charge in [-0.3, -0.25) is 14.9 Å². The molecule has 10 heteroatoms. The van der Waals surface area contributed by atoms with E-state index in [9.17, 15) is 23.3 Å². The fraction of sp³-hybridized carbons (Fsp3) is 0.267. The fourth-order valence-corrected chi connectivity index (χ4v) is 3.95. The molecule has 134 valence electrons. The van der Waals surface area contributed by atoms with Crippen LogP contribution in [0.25, 0.3) is 0 Å². The Morgan fingerprint density at radius 2 is 1.88 bits per heavy atom. The van der Waals surface area contributed by atoms with E-state index in [0.717, 1.165) is 29.2 Å². The van der Waals surface area contributed by atoms with Crippen LogP contribution in [0.4, 0.5) is 10.7 Å². The molecule has 0 atom stereocenters. The van der Waals surface area contributed by atoms with Gasteiger partial charge in [0.15, 0.2) is 14.8 Å². The summed E-state index contributed by atoms with van der Waals surface area (Å²) in [5.41, 5.74) is 1.07. The number of carbonyl (C=O) groups excluding carboxylic acids is 1. The molecule has 25 heavy (non-hydrogen) atoms. The lowest BCUT2D eigenvalue weighted by atomic mass is 10.1. The summed E-state index contributed by atoms with van der Waals surface area (Å²) in [6.45, 7) is 0.265. The Morgan fingerprint density at radius 1 is 1.28 bits per heavy atom. The Hall–Kier alpha value is -2.46. The Balaban J connectivity index is 2.17. The van der Waals surface area contributed by atoms with E-state index in [2.05, 4.69) is 5.32 Å². The first-order valence-corrected chi connectivity index (χ1v) is 9.83. The molecule has 1 heterocycles. The minimum atomic E-state index is -3.51. The standard InChI is InChI=1S/C15H17N3O5S2/c1-17(2)15(19)11-6-4-10(5-7-11)9-16-14-12(18(20)21)8-13(24-14)25(3,22)23/h4-8,16H,9H2,1-3H3. The van der Waals surface area contributed by atoms with Gasteiger partial charge >= 0.3 is 5.69 Å². The minimum absolute atomic E-state index is 0.0615. The van der Waals surface area contributed by atoms with Crippen molar-refractivity contribution in [2.24, 2.45) is 0 Å². The van der Waals surface area contributed by atoms with E-state index in [4.69, 9.17) is 0 Å². The number of nitro groups is 1. The molecule has 0 aliphatic carbocycles. The highest BCUT2D eigenvalue weighted by atomic mass is 32.2. The maximum Gasteiger partial charge on any atom is 0.304 e. The van der Waals surface area contributed by atoms with Crippen molar-refractivity contribution >= 4 is 37.8 Å². The fourth-order valence-electron chi connectivity index (χ4n) is 2.01. The van der Waals surface area contributed by atoms with Gasteiger partial charge in [-0.25, -0.2) is 8.42 Å². The van der Waals surface area contributed by atoms with Gasteiger partial charge in [0.1, 0.15) is 4.21 Å². The lowest BCUT2D eigenvalue weighted by Gasteiger charge is -2.10. The second-order valence-corrected chi connectivity index (χ2v) is 8.85. The molecular weight excluding hydrogens is 366 g/mol. The van der Waals surface area contributed by atoms with Crippen molar-refractivity contribution in [2.75, 3.05) is 25.7 Å². The molecule has 0 aliphatic rings. The zero-order valence-corrected chi connectivity index (χ0v) is 15.5. The number of nitrogens with zero attached hydrogens (tertiary/aromatic N) is 2. The van der Waals surface area contributed by atoms with Crippen LogP contribution in [0.1, 0.15) is 15.9 Å². The SMILES string of the molecule is CN(C)C(=O)c1ccc(CNc2sc(S(C)(=O)=O)cc2[N+](=O)[O-])cc1. The largest absolute Gasteiger partial charge is 0.367 e. The van der Waals surface area contributed by atoms with Crippen LogP contribution in [0.15, 0.2) is 34.5 Å². The molecule has 0 bridgehead atoms. The number of amides is 1. The normalized spacial score (nSPS) is 11.2. The number of benzene rings is 1. The van der Waals surface area contributed by atoms with E-state index in [0.29, 0.717) is 5.56 Å². The molecule has 8 nitrogen and oxygen atoms in total. The van der Waals surface area contributed by atoms with Gasteiger partial charge in [0.25, 0.3) is 5.91 Å². The maximum atomic E-state index is 11.8. The van der Waals surface area contributed by atoms with Gasteiger partial charge in [0, 0.05) is 38.5 Å². The minimum Gasteiger partial charge on any atom is -0.367 e. The third-order valence-corrected chi connectivity index (χ3v) is 6.20. The first kappa shape index (κ1) is 18.9. The summed E-state index contributed by atoms with van der Waals surface area (Å²) in [6, 6.07) is 7.87. The van der Waals surface area contributed by atoms with Gasteiger partial charge in [-0.15, -0.1) is 0 Å². The Morgan fingerprint density at radius 3 is 2.36 bits per heavy atom. The molecule has 1 aromatic carbocycles. The number of sulfone groups is 1. The smallest absolute Gasteiger partial charge is 0.304 e. The van der Waals surface area contributed by atoms with Crippen molar-refractivity contribution in [2.45, 2.75) is 10.8 Å². The second kappa shape index (κ2) is 7.19. The molecule has 2 rings (SSSR count). The van der Waals surface area contributed by atoms with Crippen LogP contribution >= 0.6 is 11.3 Å². The topological polar surface area (TPSA) is 110 Å². The molecule has 1 aromatic heterocycles. The van der Waals surface area contributed by atoms with Gasteiger partial charge in [0.05, 0.1) is 4.92 Å². The monoisotopic (exact) mass is 383 g/mol. The van der Waals surface area contributed by atoms with Crippen molar-refractivity contribution in [1.29, 1.82) is 0 Å². The second-order valence-electron chi connectivity index (χ2n) is 5.56. The summed E-state index contributed by atoms with van der Waals surface area (Å²) in [6.07, 6.45) is 1.01. The van der Waals surface area contributed by atoms with Gasteiger partial charge < -0.3 is 10.2 Å². The van der Waals surface area contributed by atoms with Crippen molar-refractivity contribution in [3.63, 3.8) is 0 Å². The van der Waals surface area contributed by atoms with E-state index in [1.54, 1.807) is 38.4 Å². The van der Waals surface area contributed by atoms with E-state index < -0.39 is 14.8 Å². The summed E-state index contributed by atoms with van der Waals surface area (Å²) in [5, 5.41) is 14.2. The molecule has 0 unspecified atom stereocenters. The first-order chi connectivity index (χ1) is 11.6. The van der Waals surface area contributed by atoms with Crippen LogP contribution in [-0.4, -0.2) is 44.5 Å². The average molecular weight is 383 g/mol. The Labute approximate surface area is 149 Å². The van der Waals surface area contributed by atoms with Crippen molar-refractivity contribution < 1.29 is 18.1 Å². The first-order valence-electron chi connectivity index (χ1n) is 7.12. The molecule has 2 aromatic rings. The Kier molecular flexibility index (Phi) is 5.43. The third-order valence-electron chi connectivity index (χ3n) is 3.31. The molecule has 0 fully saturated rings. The summed E-state index contributed by atoms with van der Waals surface area (Å²) in [4.78, 5) is 23.8. The van der Waals surface area contributed by atoms with Crippen molar-refractivity contribution in [1.82, 2.24) is 4.90 Å². The van der Waals surface area contributed by atoms with Gasteiger partial charge in [-0.2, -0.15) is 0 Å². The average Bonchev–Trinajstić information content (AvgIpc) is 2.97. The van der Waals surface area contributed by atoms with E-state index >= 15 is 0 Å². The lowest BCUT2D eigenvalue weighted by molar-refractivity contribution is -0.383. The predicted molar refractivity (Wildman–Crippen MR) is 95.9 cm³/mol. The summed E-state index contributed by atoms with van der Waals surface area (Å²) >= 11 is 0.824. The molecular formula is C15H17N3O5S2. The molecule has 0 aliphatic heterocycles. The third kappa shape index (κ3) is 4.54. The van der Waals surface area contributed by atoms with Crippen LogP contribution in [0, 0.1) is 10.1 Å². The number of nitrogens with one attached hydrogen (secondary N) is 1. The number of rotatable bonds is 6. The molecule has 1 N–H and O–H groups in total. The molecule has 1 amide bonds. The van der Waals surface area contributed by atoms with Crippen LogP contribution in [0.3, 0.4) is 0 Å². The quantitative estimate of drug-likeness (QED) is 0.606. The van der Waals surface area contributed by atoms with E-state index in [1.165, 1.54) is 4.90 Å². The molecule has 0 saturated heterocycles.